The lowest BCUT2D eigenvalue weighted by molar-refractivity contribution is -0.127. The maximum absolute atomic E-state index is 12.2. The van der Waals surface area contributed by atoms with Crippen LogP contribution >= 0.6 is 0 Å². The van der Waals surface area contributed by atoms with Crippen molar-refractivity contribution < 1.29 is 4.79 Å². The minimum atomic E-state index is 0.173. The predicted octanol–water partition coefficient (Wildman–Crippen LogP) is 1.93. The van der Waals surface area contributed by atoms with Gasteiger partial charge in [0, 0.05) is 12.0 Å². The summed E-state index contributed by atoms with van der Waals surface area (Å²) in [6.07, 6.45) is 6.37. The summed E-state index contributed by atoms with van der Waals surface area (Å²) in [6, 6.07) is 0.417. The van der Waals surface area contributed by atoms with Crippen molar-refractivity contribution in [1.29, 1.82) is 0 Å². The lowest BCUT2D eigenvalue weighted by Crippen LogP contribution is -2.51. The van der Waals surface area contributed by atoms with Crippen LogP contribution in [-0.2, 0) is 4.79 Å². The standard InChI is InChI=1S/C14H26N2O/c1-10-6-4-3-5-7-13(10)16-14(17)11(2)12-8-15-9-12/h10-13,15H,3-9H2,1-2H3,(H,16,17). The molecule has 3 unspecified atom stereocenters. The van der Waals surface area contributed by atoms with Crippen LogP contribution in [0.3, 0.4) is 0 Å². The zero-order valence-electron chi connectivity index (χ0n) is 11.2. The Kier molecular flexibility index (Phi) is 4.43. The molecule has 2 aliphatic rings. The summed E-state index contributed by atoms with van der Waals surface area (Å²) >= 11 is 0. The predicted molar refractivity (Wildman–Crippen MR) is 69.7 cm³/mol. The lowest BCUT2D eigenvalue weighted by Gasteiger charge is -2.33. The van der Waals surface area contributed by atoms with E-state index in [0.717, 1.165) is 13.1 Å². The van der Waals surface area contributed by atoms with Gasteiger partial charge >= 0.3 is 0 Å². The number of amides is 1. The van der Waals surface area contributed by atoms with Crippen LogP contribution in [0.15, 0.2) is 0 Å². The summed E-state index contributed by atoms with van der Waals surface area (Å²) < 4.78 is 0. The Morgan fingerprint density at radius 2 is 1.94 bits per heavy atom. The lowest BCUT2D eigenvalue weighted by atomic mass is 9.87. The van der Waals surface area contributed by atoms with Gasteiger partial charge in [-0.2, -0.15) is 0 Å². The quantitative estimate of drug-likeness (QED) is 0.738. The molecule has 3 heteroatoms. The van der Waals surface area contributed by atoms with Crippen molar-refractivity contribution in [2.24, 2.45) is 17.8 Å². The Hall–Kier alpha value is -0.570. The van der Waals surface area contributed by atoms with E-state index in [-0.39, 0.29) is 11.8 Å². The fourth-order valence-corrected chi connectivity index (χ4v) is 2.90. The third kappa shape index (κ3) is 3.21. The van der Waals surface area contributed by atoms with E-state index in [1.165, 1.54) is 32.1 Å². The fraction of sp³-hybridized carbons (Fsp3) is 0.929. The minimum absolute atomic E-state index is 0.173. The van der Waals surface area contributed by atoms with E-state index in [0.29, 0.717) is 17.9 Å². The molecule has 0 aromatic rings. The molecule has 1 saturated heterocycles. The molecule has 1 aliphatic heterocycles. The van der Waals surface area contributed by atoms with Crippen LogP contribution in [0.4, 0.5) is 0 Å². The molecular formula is C14H26N2O. The Morgan fingerprint density at radius 3 is 2.59 bits per heavy atom. The number of hydrogen-bond acceptors (Lipinski definition) is 2. The van der Waals surface area contributed by atoms with Crippen LogP contribution in [-0.4, -0.2) is 25.0 Å². The molecule has 3 atom stereocenters. The third-order valence-corrected chi connectivity index (χ3v) is 4.62. The molecule has 2 fully saturated rings. The zero-order valence-corrected chi connectivity index (χ0v) is 11.2. The molecule has 1 amide bonds. The summed E-state index contributed by atoms with van der Waals surface area (Å²) in [7, 11) is 0. The van der Waals surface area contributed by atoms with E-state index in [2.05, 4.69) is 24.5 Å². The number of rotatable bonds is 3. The Labute approximate surface area is 105 Å². The molecular weight excluding hydrogens is 212 g/mol. The molecule has 0 bridgehead atoms. The Bertz CT molecular complexity index is 263. The topological polar surface area (TPSA) is 41.1 Å². The Balaban J connectivity index is 1.83. The summed E-state index contributed by atoms with van der Waals surface area (Å²) in [5, 5.41) is 6.53. The molecule has 2 N–H and O–H groups in total. The van der Waals surface area contributed by atoms with E-state index >= 15 is 0 Å². The molecule has 0 radical (unpaired) electrons. The van der Waals surface area contributed by atoms with Crippen molar-refractivity contribution in [2.75, 3.05) is 13.1 Å². The van der Waals surface area contributed by atoms with Gasteiger partial charge in [-0.15, -0.1) is 0 Å². The van der Waals surface area contributed by atoms with Gasteiger partial charge in [0.1, 0.15) is 0 Å². The van der Waals surface area contributed by atoms with Crippen LogP contribution in [0.5, 0.6) is 0 Å². The highest BCUT2D eigenvalue weighted by atomic mass is 16.1. The third-order valence-electron chi connectivity index (χ3n) is 4.62. The molecule has 0 aromatic carbocycles. The normalized spacial score (nSPS) is 32.4. The first-order valence-electron chi connectivity index (χ1n) is 7.19. The van der Waals surface area contributed by atoms with Crippen molar-refractivity contribution in [2.45, 2.75) is 52.0 Å². The van der Waals surface area contributed by atoms with Gasteiger partial charge in [-0.3, -0.25) is 4.79 Å². The fourth-order valence-electron chi connectivity index (χ4n) is 2.90. The van der Waals surface area contributed by atoms with E-state index in [1.54, 1.807) is 0 Å². The van der Waals surface area contributed by atoms with Crippen LogP contribution in [0.25, 0.3) is 0 Å². The molecule has 3 nitrogen and oxygen atoms in total. The summed E-state index contributed by atoms with van der Waals surface area (Å²) in [5.74, 6) is 1.64. The van der Waals surface area contributed by atoms with Gasteiger partial charge in [-0.05, 0) is 37.8 Å². The molecule has 0 aromatic heterocycles. The Morgan fingerprint density at radius 1 is 1.24 bits per heavy atom. The van der Waals surface area contributed by atoms with Gasteiger partial charge in [0.05, 0.1) is 0 Å². The average molecular weight is 238 g/mol. The molecule has 1 aliphatic carbocycles. The number of hydrogen-bond donors (Lipinski definition) is 2. The highest BCUT2D eigenvalue weighted by Gasteiger charge is 2.30. The molecule has 2 rings (SSSR count). The second kappa shape index (κ2) is 5.85. The van der Waals surface area contributed by atoms with Crippen LogP contribution in [0, 0.1) is 17.8 Å². The molecule has 98 valence electrons. The number of carbonyl (C=O) groups excluding carboxylic acids is 1. The van der Waals surface area contributed by atoms with Crippen molar-refractivity contribution >= 4 is 5.91 Å². The van der Waals surface area contributed by atoms with Gasteiger partial charge in [-0.25, -0.2) is 0 Å². The van der Waals surface area contributed by atoms with Crippen molar-refractivity contribution in [3.8, 4) is 0 Å². The zero-order chi connectivity index (χ0) is 12.3. The number of carbonyl (C=O) groups is 1. The average Bonchev–Trinajstić information content (AvgIpc) is 2.42. The smallest absolute Gasteiger partial charge is 0.223 e. The summed E-state index contributed by atoms with van der Waals surface area (Å²) in [4.78, 5) is 12.2. The van der Waals surface area contributed by atoms with E-state index < -0.39 is 0 Å². The second-order valence-electron chi connectivity index (χ2n) is 5.94. The molecule has 1 saturated carbocycles. The van der Waals surface area contributed by atoms with Gasteiger partial charge in [0.2, 0.25) is 5.91 Å². The highest BCUT2D eigenvalue weighted by Crippen LogP contribution is 2.24. The van der Waals surface area contributed by atoms with Gasteiger partial charge < -0.3 is 10.6 Å². The van der Waals surface area contributed by atoms with Crippen molar-refractivity contribution in [3.05, 3.63) is 0 Å². The molecule has 0 spiro atoms. The first-order chi connectivity index (χ1) is 8.18. The maximum atomic E-state index is 12.2. The van der Waals surface area contributed by atoms with Gasteiger partial charge in [0.15, 0.2) is 0 Å². The molecule has 1 heterocycles. The van der Waals surface area contributed by atoms with Crippen molar-refractivity contribution in [3.63, 3.8) is 0 Å². The van der Waals surface area contributed by atoms with Crippen LogP contribution in [0.2, 0.25) is 0 Å². The summed E-state index contributed by atoms with van der Waals surface area (Å²) in [6.45, 7) is 6.37. The van der Waals surface area contributed by atoms with Crippen LogP contribution < -0.4 is 10.6 Å². The second-order valence-corrected chi connectivity index (χ2v) is 5.94. The summed E-state index contributed by atoms with van der Waals surface area (Å²) in [5.41, 5.74) is 0. The molecule has 17 heavy (non-hydrogen) atoms. The van der Waals surface area contributed by atoms with Crippen molar-refractivity contribution in [1.82, 2.24) is 10.6 Å². The van der Waals surface area contributed by atoms with E-state index in [9.17, 15) is 4.79 Å². The first-order valence-corrected chi connectivity index (χ1v) is 7.19. The highest BCUT2D eigenvalue weighted by molar-refractivity contribution is 5.79. The van der Waals surface area contributed by atoms with Gasteiger partial charge in [0.25, 0.3) is 0 Å². The maximum Gasteiger partial charge on any atom is 0.223 e. The van der Waals surface area contributed by atoms with E-state index in [1.807, 2.05) is 0 Å². The van der Waals surface area contributed by atoms with E-state index in [4.69, 9.17) is 0 Å². The van der Waals surface area contributed by atoms with Crippen LogP contribution in [0.1, 0.15) is 46.0 Å². The van der Waals surface area contributed by atoms with Gasteiger partial charge in [-0.1, -0.05) is 33.1 Å². The first kappa shape index (κ1) is 12.9. The number of nitrogens with one attached hydrogen (secondary N) is 2. The minimum Gasteiger partial charge on any atom is -0.353 e. The monoisotopic (exact) mass is 238 g/mol. The largest absolute Gasteiger partial charge is 0.353 e. The SMILES string of the molecule is CC1CCCCCC1NC(=O)C(C)C1CNC1.